The van der Waals surface area contributed by atoms with Gasteiger partial charge in [0.2, 0.25) is 0 Å². The van der Waals surface area contributed by atoms with Crippen LogP contribution in [0.25, 0.3) is 11.3 Å². The summed E-state index contributed by atoms with van der Waals surface area (Å²) in [5, 5.41) is 6.56. The van der Waals surface area contributed by atoms with Gasteiger partial charge in [0.05, 0.1) is 16.3 Å². The Kier molecular flexibility index (Phi) is 4.65. The van der Waals surface area contributed by atoms with Gasteiger partial charge in [0.25, 0.3) is 0 Å². The topological polar surface area (TPSA) is 54.8 Å². The number of hydrogen-bond donors (Lipinski definition) is 1. The molecule has 2 N–H and O–H groups in total. The highest BCUT2D eigenvalue weighted by Gasteiger charge is 2.06. The van der Waals surface area contributed by atoms with Crippen molar-refractivity contribution < 1.29 is 4.42 Å². The summed E-state index contributed by atoms with van der Waals surface area (Å²) in [6.07, 6.45) is 1.53. The van der Waals surface area contributed by atoms with Crippen LogP contribution in [-0.4, -0.2) is 23.4 Å². The van der Waals surface area contributed by atoms with Crippen LogP contribution in [0.3, 0.4) is 0 Å². The summed E-state index contributed by atoms with van der Waals surface area (Å²) in [7, 11) is 1.65. The molecule has 0 aliphatic carbocycles. The van der Waals surface area contributed by atoms with Gasteiger partial charge in [-0.25, -0.2) is 5.01 Å². The van der Waals surface area contributed by atoms with Gasteiger partial charge in [-0.2, -0.15) is 5.10 Å². The molecule has 104 valence electrons. The number of hydrazone groups is 1. The van der Waals surface area contributed by atoms with E-state index in [1.165, 1.54) is 11.2 Å². The number of rotatable bonds is 3. The molecule has 1 aromatic heterocycles. The smallest absolute Gasteiger partial charge is 0.186 e. The molecule has 0 unspecified atom stereocenters. The molecule has 0 bridgehead atoms. The van der Waals surface area contributed by atoms with E-state index < -0.39 is 0 Å². The Morgan fingerprint density at radius 2 is 2.05 bits per heavy atom. The molecule has 0 spiro atoms. The monoisotopic (exact) mass is 327 g/mol. The first kappa shape index (κ1) is 14.8. The Balaban J connectivity index is 2.20. The Hall–Kier alpha value is -1.56. The second-order valence-electron chi connectivity index (χ2n) is 3.94. The van der Waals surface area contributed by atoms with Crippen molar-refractivity contribution in [3.63, 3.8) is 0 Å². The molecular weight excluding hydrogens is 317 g/mol. The maximum atomic E-state index is 5.97. The molecule has 0 fully saturated rings. The van der Waals surface area contributed by atoms with E-state index in [4.69, 9.17) is 45.6 Å². The summed E-state index contributed by atoms with van der Waals surface area (Å²) in [6, 6.07) is 8.90. The number of nitrogens with zero attached hydrogens (tertiary/aromatic N) is 2. The second-order valence-corrected chi connectivity index (χ2v) is 5.17. The lowest BCUT2D eigenvalue weighted by Gasteiger charge is -2.07. The molecule has 0 saturated carbocycles. The first-order chi connectivity index (χ1) is 9.47. The van der Waals surface area contributed by atoms with E-state index in [1.807, 2.05) is 12.1 Å². The molecule has 1 heterocycles. The van der Waals surface area contributed by atoms with Gasteiger partial charge < -0.3 is 10.2 Å². The maximum Gasteiger partial charge on any atom is 0.186 e. The predicted molar refractivity (Wildman–Crippen MR) is 86.3 cm³/mol. The van der Waals surface area contributed by atoms with Gasteiger partial charge in [-0.1, -0.05) is 23.2 Å². The van der Waals surface area contributed by atoms with E-state index in [0.29, 0.717) is 21.6 Å². The zero-order valence-electron chi connectivity index (χ0n) is 10.5. The first-order valence-electron chi connectivity index (χ1n) is 5.60. The Labute approximate surface area is 131 Å². The number of nitrogens with two attached hydrogens (primary N) is 1. The normalized spacial score (nSPS) is 10.9. The Morgan fingerprint density at radius 3 is 2.70 bits per heavy atom. The quantitative estimate of drug-likeness (QED) is 0.529. The van der Waals surface area contributed by atoms with Crippen LogP contribution in [0, 0.1) is 0 Å². The molecule has 4 nitrogen and oxygen atoms in total. The number of halogens is 2. The summed E-state index contributed by atoms with van der Waals surface area (Å²) in [4.78, 5) is 0. The average molecular weight is 328 g/mol. The van der Waals surface area contributed by atoms with Gasteiger partial charge in [-0.05, 0) is 42.5 Å². The van der Waals surface area contributed by atoms with Crippen LogP contribution in [0.1, 0.15) is 5.76 Å². The van der Waals surface area contributed by atoms with Crippen LogP contribution >= 0.6 is 35.4 Å². The first-order valence-corrected chi connectivity index (χ1v) is 6.76. The van der Waals surface area contributed by atoms with Crippen LogP contribution in [0.15, 0.2) is 39.9 Å². The minimum Gasteiger partial charge on any atom is -0.455 e. The summed E-state index contributed by atoms with van der Waals surface area (Å²) in [5.41, 5.74) is 6.25. The van der Waals surface area contributed by atoms with Crippen molar-refractivity contribution in [2.24, 2.45) is 10.8 Å². The van der Waals surface area contributed by atoms with Gasteiger partial charge in [-0.15, -0.1) is 0 Å². The van der Waals surface area contributed by atoms with E-state index in [0.717, 1.165) is 5.56 Å². The SMILES string of the molecule is CN(/N=C/c1ccc(-c2ccc(Cl)c(Cl)c2)o1)C(N)=S. The van der Waals surface area contributed by atoms with Gasteiger partial charge in [0.15, 0.2) is 5.11 Å². The van der Waals surface area contributed by atoms with Crippen molar-refractivity contribution >= 4 is 46.7 Å². The third kappa shape index (κ3) is 3.50. The maximum absolute atomic E-state index is 5.97. The number of furan rings is 1. The Bertz CT molecular complexity index is 669. The van der Waals surface area contributed by atoms with Gasteiger partial charge in [0.1, 0.15) is 11.5 Å². The fourth-order valence-electron chi connectivity index (χ4n) is 1.43. The molecule has 0 amide bonds. The predicted octanol–water partition coefficient (Wildman–Crippen LogP) is 3.76. The van der Waals surface area contributed by atoms with Crippen LogP contribution in [-0.2, 0) is 0 Å². The Morgan fingerprint density at radius 1 is 1.30 bits per heavy atom. The largest absolute Gasteiger partial charge is 0.455 e. The number of thiocarbonyl (C=S) groups is 1. The second kappa shape index (κ2) is 6.26. The van der Waals surface area contributed by atoms with Crippen molar-refractivity contribution in [3.8, 4) is 11.3 Å². The van der Waals surface area contributed by atoms with Crippen molar-refractivity contribution in [2.75, 3.05) is 7.05 Å². The molecule has 1 aromatic carbocycles. The molecule has 0 aliphatic rings. The van der Waals surface area contributed by atoms with Gasteiger partial charge in [0, 0.05) is 12.6 Å². The fraction of sp³-hybridized carbons (Fsp3) is 0.0769. The number of hydrogen-bond acceptors (Lipinski definition) is 3. The van der Waals surface area contributed by atoms with Gasteiger partial charge >= 0.3 is 0 Å². The molecule has 0 aliphatic heterocycles. The zero-order chi connectivity index (χ0) is 14.7. The summed E-state index contributed by atoms with van der Waals surface area (Å²) in [6.45, 7) is 0. The summed E-state index contributed by atoms with van der Waals surface area (Å²) in [5.74, 6) is 1.25. The molecule has 2 rings (SSSR count). The lowest BCUT2D eigenvalue weighted by molar-refractivity contribution is 0.540. The minimum atomic E-state index is 0.178. The molecular formula is C13H11Cl2N3OS. The highest BCUT2D eigenvalue weighted by molar-refractivity contribution is 7.80. The van der Waals surface area contributed by atoms with Crippen molar-refractivity contribution in [1.29, 1.82) is 0 Å². The minimum absolute atomic E-state index is 0.178. The third-order valence-corrected chi connectivity index (χ3v) is 3.51. The zero-order valence-corrected chi connectivity index (χ0v) is 12.8. The molecule has 7 heteroatoms. The van der Waals surface area contributed by atoms with Crippen molar-refractivity contribution in [2.45, 2.75) is 0 Å². The lowest BCUT2D eigenvalue weighted by atomic mass is 10.2. The van der Waals surface area contributed by atoms with Crippen LogP contribution in [0.2, 0.25) is 10.0 Å². The third-order valence-electron chi connectivity index (χ3n) is 2.51. The van der Waals surface area contributed by atoms with Crippen molar-refractivity contribution in [3.05, 3.63) is 46.1 Å². The lowest BCUT2D eigenvalue weighted by Crippen LogP contribution is -2.26. The van der Waals surface area contributed by atoms with E-state index in [-0.39, 0.29) is 5.11 Å². The van der Waals surface area contributed by atoms with Crippen LogP contribution in [0.5, 0.6) is 0 Å². The van der Waals surface area contributed by atoms with E-state index >= 15 is 0 Å². The van der Waals surface area contributed by atoms with Gasteiger partial charge in [-0.3, -0.25) is 0 Å². The molecule has 0 atom stereocenters. The van der Waals surface area contributed by atoms with E-state index in [9.17, 15) is 0 Å². The van der Waals surface area contributed by atoms with E-state index in [2.05, 4.69) is 5.10 Å². The molecule has 0 radical (unpaired) electrons. The number of benzene rings is 1. The van der Waals surface area contributed by atoms with Crippen LogP contribution < -0.4 is 5.73 Å². The van der Waals surface area contributed by atoms with E-state index in [1.54, 1.807) is 25.2 Å². The fourth-order valence-corrected chi connectivity index (χ4v) is 1.77. The van der Waals surface area contributed by atoms with Crippen LogP contribution in [0.4, 0.5) is 0 Å². The van der Waals surface area contributed by atoms with Crippen molar-refractivity contribution in [1.82, 2.24) is 5.01 Å². The standard InChI is InChI=1S/C13H11Cl2N3OS/c1-18(13(16)20)17-7-9-3-5-12(19-9)8-2-4-10(14)11(15)6-8/h2-7H,1H3,(H2,16,20)/b17-7+. The molecule has 20 heavy (non-hydrogen) atoms. The summed E-state index contributed by atoms with van der Waals surface area (Å²) < 4.78 is 5.63. The highest BCUT2D eigenvalue weighted by atomic mass is 35.5. The summed E-state index contributed by atoms with van der Waals surface area (Å²) >= 11 is 16.6. The molecule has 0 saturated heterocycles. The molecule has 2 aromatic rings. The highest BCUT2D eigenvalue weighted by Crippen LogP contribution is 2.29. The average Bonchev–Trinajstić information content (AvgIpc) is 2.87.